The predicted molar refractivity (Wildman–Crippen MR) is 79.3 cm³/mol. The summed E-state index contributed by atoms with van der Waals surface area (Å²) in [6, 6.07) is 0. The predicted octanol–water partition coefficient (Wildman–Crippen LogP) is 3.27. The van der Waals surface area contributed by atoms with Crippen molar-refractivity contribution in [1.82, 2.24) is 10.3 Å². The summed E-state index contributed by atoms with van der Waals surface area (Å²) in [5.41, 5.74) is 1.20. The zero-order chi connectivity index (χ0) is 12.8. The van der Waals surface area contributed by atoms with E-state index >= 15 is 0 Å². The van der Waals surface area contributed by atoms with Gasteiger partial charge in [0.1, 0.15) is 0 Å². The Kier molecular flexibility index (Phi) is 5.45. The van der Waals surface area contributed by atoms with E-state index in [1.165, 1.54) is 49.6 Å². The molecule has 0 aliphatic carbocycles. The molecule has 1 fully saturated rings. The van der Waals surface area contributed by atoms with Crippen LogP contribution in [0.3, 0.4) is 0 Å². The van der Waals surface area contributed by atoms with Gasteiger partial charge in [0, 0.05) is 25.0 Å². The summed E-state index contributed by atoms with van der Waals surface area (Å²) in [5.74, 6) is 0.889. The lowest BCUT2D eigenvalue weighted by molar-refractivity contribution is 0.529. The molecule has 0 spiro atoms. The van der Waals surface area contributed by atoms with Crippen molar-refractivity contribution in [3.63, 3.8) is 0 Å². The normalized spacial score (nSPS) is 19.7. The van der Waals surface area contributed by atoms with Gasteiger partial charge in [-0.1, -0.05) is 20.3 Å². The maximum Gasteiger partial charge on any atom is 0.185 e. The number of anilines is 1. The smallest absolute Gasteiger partial charge is 0.185 e. The highest BCUT2D eigenvalue weighted by atomic mass is 32.1. The van der Waals surface area contributed by atoms with E-state index in [2.05, 4.69) is 29.4 Å². The largest absolute Gasteiger partial charge is 0.348 e. The third-order valence-corrected chi connectivity index (χ3v) is 4.48. The Balaban J connectivity index is 1.83. The highest BCUT2D eigenvalue weighted by Gasteiger charge is 2.23. The summed E-state index contributed by atoms with van der Waals surface area (Å²) in [4.78, 5) is 7.21. The first-order chi connectivity index (χ1) is 8.83. The van der Waals surface area contributed by atoms with Gasteiger partial charge in [0.15, 0.2) is 5.13 Å². The van der Waals surface area contributed by atoms with Crippen molar-refractivity contribution in [2.45, 2.75) is 46.1 Å². The van der Waals surface area contributed by atoms with Crippen molar-refractivity contribution in [3.8, 4) is 0 Å². The first kappa shape index (κ1) is 13.8. The van der Waals surface area contributed by atoms with Crippen molar-refractivity contribution >= 4 is 16.5 Å². The molecular weight excluding hydrogens is 242 g/mol. The molecule has 18 heavy (non-hydrogen) atoms. The Morgan fingerprint density at radius 2 is 2.33 bits per heavy atom. The van der Waals surface area contributed by atoms with Crippen molar-refractivity contribution in [2.24, 2.45) is 5.92 Å². The average molecular weight is 267 g/mol. The number of aromatic nitrogens is 1. The zero-order valence-electron chi connectivity index (χ0n) is 11.6. The summed E-state index contributed by atoms with van der Waals surface area (Å²) >= 11 is 1.80. The molecule has 102 valence electrons. The fourth-order valence-corrected chi connectivity index (χ4v) is 3.43. The molecule has 1 saturated heterocycles. The summed E-state index contributed by atoms with van der Waals surface area (Å²) in [6.45, 7) is 8.87. The van der Waals surface area contributed by atoms with Gasteiger partial charge in [-0.15, -0.1) is 11.3 Å². The molecule has 2 heterocycles. The van der Waals surface area contributed by atoms with Crippen LogP contribution in [-0.2, 0) is 6.54 Å². The topological polar surface area (TPSA) is 28.2 Å². The minimum atomic E-state index is 0.889. The molecule has 0 amide bonds. The summed E-state index contributed by atoms with van der Waals surface area (Å²) in [5, 5.41) is 6.83. The Hall–Kier alpha value is -0.610. The van der Waals surface area contributed by atoms with E-state index in [-0.39, 0.29) is 0 Å². The Labute approximate surface area is 115 Å². The fourth-order valence-electron chi connectivity index (χ4n) is 2.57. The third-order valence-electron chi connectivity index (χ3n) is 3.53. The minimum Gasteiger partial charge on any atom is -0.348 e. The van der Waals surface area contributed by atoms with Crippen LogP contribution in [0.2, 0.25) is 0 Å². The van der Waals surface area contributed by atoms with Crippen LogP contribution in [0.15, 0.2) is 5.38 Å². The average Bonchev–Trinajstić information content (AvgIpc) is 2.98. The van der Waals surface area contributed by atoms with E-state index in [1.54, 1.807) is 11.3 Å². The first-order valence-corrected chi connectivity index (χ1v) is 8.11. The molecule has 1 atom stereocenters. The lowest BCUT2D eigenvalue weighted by Gasteiger charge is -2.14. The summed E-state index contributed by atoms with van der Waals surface area (Å²) < 4.78 is 0. The lowest BCUT2D eigenvalue weighted by Crippen LogP contribution is -2.20. The van der Waals surface area contributed by atoms with E-state index in [0.717, 1.165) is 19.0 Å². The SMILES string of the molecule is CCCNCc1csc(N2CCC(CCC)C2)n1. The maximum absolute atomic E-state index is 4.74. The molecule has 2 rings (SSSR count). The van der Waals surface area contributed by atoms with Crippen LogP contribution in [0, 0.1) is 5.92 Å². The van der Waals surface area contributed by atoms with E-state index in [4.69, 9.17) is 4.98 Å². The molecule has 0 bridgehead atoms. The number of hydrogen-bond acceptors (Lipinski definition) is 4. The third kappa shape index (κ3) is 3.69. The van der Waals surface area contributed by atoms with E-state index in [9.17, 15) is 0 Å². The number of thiazole rings is 1. The van der Waals surface area contributed by atoms with Crippen molar-refractivity contribution in [2.75, 3.05) is 24.5 Å². The number of nitrogens with zero attached hydrogens (tertiary/aromatic N) is 2. The van der Waals surface area contributed by atoms with E-state index in [0.29, 0.717) is 0 Å². The molecule has 1 unspecified atom stereocenters. The molecule has 1 aliphatic rings. The second kappa shape index (κ2) is 7.10. The maximum atomic E-state index is 4.74. The van der Waals surface area contributed by atoms with E-state index in [1.807, 2.05) is 0 Å². The van der Waals surface area contributed by atoms with Crippen LogP contribution in [0.5, 0.6) is 0 Å². The van der Waals surface area contributed by atoms with Gasteiger partial charge in [0.05, 0.1) is 5.69 Å². The Bertz CT molecular complexity index is 351. The fraction of sp³-hybridized carbons (Fsp3) is 0.786. The van der Waals surface area contributed by atoms with Crippen molar-refractivity contribution in [3.05, 3.63) is 11.1 Å². The standard InChI is InChI=1S/C14H25N3S/c1-3-5-12-6-8-17(10-12)14-16-13(11-18-14)9-15-7-4-2/h11-12,15H,3-10H2,1-2H3. The van der Waals surface area contributed by atoms with Gasteiger partial charge in [-0.25, -0.2) is 4.98 Å². The Morgan fingerprint density at radius 3 is 3.11 bits per heavy atom. The molecule has 1 aromatic heterocycles. The number of nitrogens with one attached hydrogen (secondary N) is 1. The van der Waals surface area contributed by atoms with Gasteiger partial charge in [0.2, 0.25) is 0 Å². The highest BCUT2D eigenvalue weighted by molar-refractivity contribution is 7.13. The van der Waals surface area contributed by atoms with Gasteiger partial charge in [-0.3, -0.25) is 0 Å². The molecule has 4 heteroatoms. The highest BCUT2D eigenvalue weighted by Crippen LogP contribution is 2.28. The molecule has 3 nitrogen and oxygen atoms in total. The van der Waals surface area contributed by atoms with Crippen LogP contribution in [0.4, 0.5) is 5.13 Å². The van der Waals surface area contributed by atoms with Gasteiger partial charge in [-0.05, 0) is 31.7 Å². The molecule has 0 saturated carbocycles. The van der Waals surface area contributed by atoms with Gasteiger partial charge >= 0.3 is 0 Å². The Morgan fingerprint density at radius 1 is 1.44 bits per heavy atom. The second-order valence-electron chi connectivity index (χ2n) is 5.19. The van der Waals surface area contributed by atoms with Crippen LogP contribution >= 0.6 is 11.3 Å². The molecule has 1 N–H and O–H groups in total. The molecule has 1 aliphatic heterocycles. The van der Waals surface area contributed by atoms with Gasteiger partial charge in [0.25, 0.3) is 0 Å². The van der Waals surface area contributed by atoms with E-state index < -0.39 is 0 Å². The van der Waals surface area contributed by atoms with Crippen LogP contribution in [-0.4, -0.2) is 24.6 Å². The van der Waals surface area contributed by atoms with Crippen LogP contribution in [0.1, 0.15) is 45.2 Å². The summed E-state index contributed by atoms with van der Waals surface area (Å²) in [7, 11) is 0. The molecule has 0 radical (unpaired) electrons. The molecular formula is C14H25N3S. The summed E-state index contributed by atoms with van der Waals surface area (Å²) in [6.07, 6.45) is 5.20. The lowest BCUT2D eigenvalue weighted by atomic mass is 10.0. The number of rotatable bonds is 7. The quantitative estimate of drug-likeness (QED) is 0.769. The monoisotopic (exact) mass is 267 g/mol. The van der Waals surface area contributed by atoms with Crippen molar-refractivity contribution < 1.29 is 0 Å². The minimum absolute atomic E-state index is 0.889. The van der Waals surface area contributed by atoms with Crippen LogP contribution < -0.4 is 10.2 Å². The first-order valence-electron chi connectivity index (χ1n) is 7.23. The number of hydrogen-bond donors (Lipinski definition) is 1. The second-order valence-corrected chi connectivity index (χ2v) is 6.02. The van der Waals surface area contributed by atoms with Gasteiger partial charge in [-0.2, -0.15) is 0 Å². The zero-order valence-corrected chi connectivity index (χ0v) is 12.4. The molecule has 0 aromatic carbocycles. The molecule has 1 aromatic rings. The van der Waals surface area contributed by atoms with Crippen LogP contribution in [0.25, 0.3) is 0 Å². The van der Waals surface area contributed by atoms with Crippen molar-refractivity contribution in [1.29, 1.82) is 0 Å². The van der Waals surface area contributed by atoms with Gasteiger partial charge < -0.3 is 10.2 Å².